The molecule has 0 saturated carbocycles. The van der Waals surface area contributed by atoms with Crippen LogP contribution in [-0.4, -0.2) is 124 Å². The Morgan fingerprint density at radius 1 is 0.783 bits per heavy atom. The van der Waals surface area contributed by atoms with E-state index in [0.29, 0.717) is 17.0 Å². The highest BCUT2D eigenvalue weighted by molar-refractivity contribution is 5.97. The number of alkyl halides is 1. The number of β-amino-alcohol motifs (C(OH)–C–C–N with tert-alkyl or cyclic N) is 1. The van der Waals surface area contributed by atoms with Crippen molar-refractivity contribution >= 4 is 45.4 Å². The Bertz CT molecular complexity index is 2270. The van der Waals surface area contributed by atoms with Crippen molar-refractivity contribution in [3.63, 3.8) is 0 Å². The number of hydrogen-bond donors (Lipinski definition) is 7. The number of hydrogen-bond acceptors (Lipinski definition) is 7. The molecular formula is C42H53F5N8O5. The van der Waals surface area contributed by atoms with E-state index in [2.05, 4.69) is 31.2 Å². The Kier molecular flexibility index (Phi) is 13.5. The molecule has 2 aliphatic rings. The number of fused-ring (bicyclic) bond motifs is 2. The highest BCUT2D eigenvalue weighted by Crippen LogP contribution is 2.41. The number of amides is 4. The summed E-state index contributed by atoms with van der Waals surface area (Å²) < 4.78 is 76.7. The van der Waals surface area contributed by atoms with E-state index >= 15 is 13.2 Å². The van der Waals surface area contributed by atoms with Gasteiger partial charge in [-0.2, -0.15) is 0 Å². The smallest absolute Gasteiger partial charge is 0.245 e. The number of benzene rings is 2. The van der Waals surface area contributed by atoms with E-state index in [9.17, 15) is 33.1 Å². The summed E-state index contributed by atoms with van der Waals surface area (Å²) in [5, 5.41) is 22.2. The number of aromatic nitrogens is 2. The van der Waals surface area contributed by atoms with Crippen LogP contribution in [0, 0.1) is 23.3 Å². The lowest BCUT2D eigenvalue weighted by Crippen LogP contribution is -2.53. The summed E-state index contributed by atoms with van der Waals surface area (Å²) in [6, 6.07) is -0.367. The fraction of sp³-hybridized carbons (Fsp3) is 0.524. The molecule has 8 atom stereocenters. The molecule has 4 aromatic rings. The van der Waals surface area contributed by atoms with Gasteiger partial charge in [-0.1, -0.05) is 13.8 Å². The molecule has 18 heteroatoms. The normalized spacial score (nSPS) is 21.4. The molecule has 60 heavy (non-hydrogen) atoms. The zero-order valence-corrected chi connectivity index (χ0v) is 34.4. The molecule has 6 rings (SSSR count). The van der Waals surface area contributed by atoms with Crippen LogP contribution in [0.4, 0.5) is 22.0 Å². The predicted molar refractivity (Wildman–Crippen MR) is 215 cm³/mol. The molecule has 2 aromatic carbocycles. The molecule has 13 nitrogen and oxygen atoms in total. The van der Waals surface area contributed by atoms with Crippen molar-refractivity contribution in [3.05, 3.63) is 58.7 Å². The topological polar surface area (TPSA) is 175 Å². The van der Waals surface area contributed by atoms with Crippen molar-refractivity contribution in [3.8, 4) is 11.4 Å². The van der Waals surface area contributed by atoms with Crippen molar-refractivity contribution in [1.29, 1.82) is 0 Å². The van der Waals surface area contributed by atoms with Crippen LogP contribution in [0.15, 0.2) is 24.3 Å². The van der Waals surface area contributed by atoms with Crippen molar-refractivity contribution in [2.75, 3.05) is 27.2 Å². The van der Waals surface area contributed by atoms with E-state index in [4.69, 9.17) is 0 Å². The van der Waals surface area contributed by atoms with Gasteiger partial charge in [0.2, 0.25) is 23.6 Å². The zero-order valence-electron chi connectivity index (χ0n) is 34.4. The average Bonchev–Trinajstić information content (AvgIpc) is 3.99. The number of likely N-dealkylation sites (tertiary alicyclic amines) is 2. The zero-order chi connectivity index (χ0) is 43.7. The van der Waals surface area contributed by atoms with Crippen LogP contribution < -0.4 is 21.3 Å². The predicted octanol–water partition coefficient (Wildman–Crippen LogP) is 3.86. The summed E-state index contributed by atoms with van der Waals surface area (Å²) in [4.78, 5) is 62.4. The summed E-state index contributed by atoms with van der Waals surface area (Å²) in [5.74, 6) is -6.37. The second kappa shape index (κ2) is 18.3. The van der Waals surface area contributed by atoms with E-state index in [1.165, 1.54) is 28.0 Å². The maximum atomic E-state index is 16.0. The maximum absolute atomic E-state index is 16.0. The third kappa shape index (κ3) is 8.72. The molecule has 0 spiro atoms. The van der Waals surface area contributed by atoms with Gasteiger partial charge in [-0.25, -0.2) is 22.0 Å². The van der Waals surface area contributed by atoms with Crippen molar-refractivity contribution < 1.29 is 46.2 Å². The summed E-state index contributed by atoms with van der Waals surface area (Å²) in [5.41, 5.74) is 0.587. The first kappa shape index (κ1) is 44.5. The van der Waals surface area contributed by atoms with Crippen molar-refractivity contribution in [2.45, 2.75) is 115 Å². The Labute approximate surface area is 344 Å². The molecule has 4 heterocycles. The number of halogens is 5. The molecule has 0 radical (unpaired) electrons. The molecule has 2 aromatic heterocycles. The number of carbonyl (C=O) groups excluding carboxylic acids is 4. The monoisotopic (exact) mass is 844 g/mol. The Hall–Kier alpha value is -5.07. The summed E-state index contributed by atoms with van der Waals surface area (Å²) >= 11 is 0. The lowest BCUT2D eigenvalue weighted by molar-refractivity contribution is -0.138. The third-order valence-corrected chi connectivity index (χ3v) is 12.0. The second-order valence-corrected chi connectivity index (χ2v) is 15.9. The number of likely N-dealkylation sites (N-methyl/N-ethyl adjacent to an activating group) is 2. The second-order valence-electron chi connectivity index (χ2n) is 15.9. The van der Waals surface area contributed by atoms with Gasteiger partial charge < -0.3 is 46.1 Å². The highest BCUT2D eigenvalue weighted by atomic mass is 19.2. The standard InChI is InChI=1S/C42H53F5N8O5/c1-7-31(51-39(57)19(3)48-5)41(59)54-17-22(44)11-23(54)14-27-26-10-9-21(43)12-33(26)50-36(27)37-28(34-29(45)16-30(46)35(47)38(34)53-37)15-24-13-25(56)18-55(24)42(60)32(8-2)52-40(58)20(4)49-6/h9-10,12,16,19-20,22-25,31-32,48-50,53,56H,7-8,11,13-15,17-18H2,1-6H3,(H,51,57)(H,52,58)/t19-,20-,22-,23-,24-,25-,31-,32-/m0/s1. The first-order chi connectivity index (χ1) is 28.5. The Morgan fingerprint density at radius 2 is 1.33 bits per heavy atom. The van der Waals surface area contributed by atoms with Crippen LogP contribution >= 0.6 is 0 Å². The Morgan fingerprint density at radius 3 is 1.92 bits per heavy atom. The number of carbonyl (C=O) groups is 4. The highest BCUT2D eigenvalue weighted by Gasteiger charge is 2.41. The minimum absolute atomic E-state index is 0.0196. The van der Waals surface area contributed by atoms with Crippen LogP contribution in [0.25, 0.3) is 33.2 Å². The van der Waals surface area contributed by atoms with E-state index in [-0.39, 0.29) is 79.5 Å². The summed E-state index contributed by atoms with van der Waals surface area (Å²) in [6.07, 6.45) is -2.22. The molecule has 0 aliphatic carbocycles. The van der Waals surface area contributed by atoms with Crippen LogP contribution in [0.2, 0.25) is 0 Å². The number of aliphatic hydroxyl groups excluding tert-OH is 1. The van der Waals surface area contributed by atoms with E-state index in [1.54, 1.807) is 41.8 Å². The van der Waals surface area contributed by atoms with Gasteiger partial charge in [0.1, 0.15) is 29.9 Å². The lowest BCUT2D eigenvalue weighted by Gasteiger charge is -2.30. The summed E-state index contributed by atoms with van der Waals surface area (Å²) in [7, 11) is 3.20. The fourth-order valence-electron chi connectivity index (χ4n) is 8.49. The maximum Gasteiger partial charge on any atom is 0.245 e. The van der Waals surface area contributed by atoms with Crippen LogP contribution in [-0.2, 0) is 32.0 Å². The first-order valence-corrected chi connectivity index (χ1v) is 20.4. The van der Waals surface area contributed by atoms with Crippen molar-refractivity contribution in [2.24, 2.45) is 0 Å². The van der Waals surface area contributed by atoms with E-state index < -0.39 is 101 Å². The van der Waals surface area contributed by atoms with Crippen LogP contribution in [0.1, 0.15) is 64.5 Å². The number of H-pyrrole nitrogens is 2. The van der Waals surface area contributed by atoms with Crippen LogP contribution in [0.5, 0.6) is 0 Å². The van der Waals surface area contributed by atoms with Gasteiger partial charge in [-0.05, 0) is 89.4 Å². The molecule has 2 fully saturated rings. The summed E-state index contributed by atoms with van der Waals surface area (Å²) in [6.45, 7) is 6.33. The number of nitrogens with zero attached hydrogens (tertiary/aromatic N) is 2. The molecule has 7 N–H and O–H groups in total. The molecule has 326 valence electrons. The molecular weight excluding hydrogens is 792 g/mol. The van der Waals surface area contributed by atoms with Gasteiger partial charge in [-0.15, -0.1) is 0 Å². The minimum Gasteiger partial charge on any atom is -0.391 e. The number of nitrogens with one attached hydrogen (secondary N) is 6. The first-order valence-electron chi connectivity index (χ1n) is 20.4. The fourth-order valence-corrected chi connectivity index (χ4v) is 8.49. The molecule has 0 unspecified atom stereocenters. The SMILES string of the molecule is CC[C@H](NC(=O)[C@H](C)NC)C(=O)N1C[C@@H](O)C[C@H]1Cc1c(-c2[nH]c3cc(F)ccc3c2C[C@@H]2C[C@H](F)CN2C(=O)[C@H](CC)NC(=O)[C@H](C)NC)[nH]c2c(F)c(F)cc(F)c12. The largest absolute Gasteiger partial charge is 0.391 e. The Balaban J connectivity index is 1.45. The van der Waals surface area contributed by atoms with Gasteiger partial charge in [0, 0.05) is 47.4 Å². The number of aromatic amines is 2. The van der Waals surface area contributed by atoms with Gasteiger partial charge >= 0.3 is 0 Å². The van der Waals surface area contributed by atoms with E-state index in [1.807, 2.05) is 0 Å². The van der Waals surface area contributed by atoms with Gasteiger partial charge in [0.15, 0.2) is 11.6 Å². The molecule has 2 saturated heterocycles. The van der Waals surface area contributed by atoms with Crippen molar-refractivity contribution in [1.82, 2.24) is 41.0 Å². The molecule has 2 aliphatic heterocycles. The molecule has 4 amide bonds. The number of rotatable bonds is 15. The third-order valence-electron chi connectivity index (χ3n) is 12.0. The quantitative estimate of drug-likeness (QED) is 0.0703. The average molecular weight is 845 g/mol. The minimum atomic E-state index is -1.46. The lowest BCUT2D eigenvalue weighted by atomic mass is 9.94. The number of aliphatic hydroxyl groups is 1. The molecule has 0 bridgehead atoms. The van der Waals surface area contributed by atoms with Crippen LogP contribution in [0.3, 0.4) is 0 Å². The van der Waals surface area contributed by atoms with Gasteiger partial charge in [0.25, 0.3) is 0 Å². The van der Waals surface area contributed by atoms with E-state index in [0.717, 1.165) is 0 Å². The van der Waals surface area contributed by atoms with Gasteiger partial charge in [0.05, 0.1) is 41.6 Å². The van der Waals surface area contributed by atoms with Gasteiger partial charge in [-0.3, -0.25) is 19.2 Å².